The third-order valence-corrected chi connectivity index (χ3v) is 5.05. The summed E-state index contributed by atoms with van der Waals surface area (Å²) in [5, 5.41) is 3.50. The third kappa shape index (κ3) is 5.78. The first kappa shape index (κ1) is 20.3. The second kappa shape index (κ2) is 9.66. The summed E-state index contributed by atoms with van der Waals surface area (Å²) in [6.45, 7) is 3.65. The van der Waals surface area contributed by atoms with Gasteiger partial charge in [0.1, 0.15) is 5.82 Å². The van der Waals surface area contributed by atoms with E-state index in [4.69, 9.17) is 11.6 Å². The molecule has 2 aromatic rings. The Bertz CT molecular complexity index is 803. The highest BCUT2D eigenvalue weighted by atomic mass is 35.5. The molecular weight excluding hydrogens is 381 g/mol. The van der Waals surface area contributed by atoms with Crippen molar-refractivity contribution in [2.45, 2.75) is 12.8 Å². The SMILES string of the molecule is O=C(CCCN1CCN(C(=O)Nc2ccc(Cl)cc2)CC1)c1ccc(F)cc1. The number of amides is 2. The van der Waals surface area contributed by atoms with E-state index >= 15 is 0 Å². The molecular formula is C21H23ClFN3O2. The van der Waals surface area contributed by atoms with Crippen LogP contribution in [0.3, 0.4) is 0 Å². The highest BCUT2D eigenvalue weighted by Gasteiger charge is 2.21. The van der Waals surface area contributed by atoms with Gasteiger partial charge >= 0.3 is 6.03 Å². The molecule has 7 heteroatoms. The molecule has 0 aromatic heterocycles. The molecule has 3 rings (SSSR count). The lowest BCUT2D eigenvalue weighted by atomic mass is 10.1. The number of urea groups is 1. The maximum Gasteiger partial charge on any atom is 0.321 e. The Morgan fingerprint density at radius 2 is 1.61 bits per heavy atom. The lowest BCUT2D eigenvalue weighted by molar-refractivity contribution is 0.0969. The number of carbonyl (C=O) groups excluding carboxylic acids is 2. The predicted octanol–water partition coefficient (Wildman–Crippen LogP) is 4.29. The van der Waals surface area contributed by atoms with Crippen LogP contribution >= 0.6 is 11.6 Å². The maximum atomic E-state index is 12.9. The summed E-state index contributed by atoms with van der Waals surface area (Å²) >= 11 is 5.85. The van der Waals surface area contributed by atoms with Gasteiger partial charge in [-0.2, -0.15) is 0 Å². The number of rotatable bonds is 6. The number of anilines is 1. The van der Waals surface area contributed by atoms with Crippen LogP contribution < -0.4 is 5.32 Å². The normalized spacial score (nSPS) is 14.7. The van der Waals surface area contributed by atoms with Crippen molar-refractivity contribution >= 4 is 29.1 Å². The number of Topliss-reactive ketones (excluding diaryl/α,β-unsaturated/α-hetero) is 1. The minimum atomic E-state index is -0.338. The summed E-state index contributed by atoms with van der Waals surface area (Å²) in [5.41, 5.74) is 1.27. The Morgan fingerprint density at radius 3 is 2.25 bits per heavy atom. The van der Waals surface area contributed by atoms with E-state index in [0.717, 1.165) is 31.7 Å². The molecule has 0 unspecified atom stereocenters. The molecule has 5 nitrogen and oxygen atoms in total. The Hall–Kier alpha value is -2.44. The molecule has 0 saturated carbocycles. The van der Waals surface area contributed by atoms with Crippen LogP contribution in [0.5, 0.6) is 0 Å². The molecule has 2 amide bonds. The molecule has 0 radical (unpaired) electrons. The lowest BCUT2D eigenvalue weighted by Crippen LogP contribution is -2.50. The molecule has 1 fully saturated rings. The van der Waals surface area contributed by atoms with Crippen LogP contribution in [0.15, 0.2) is 48.5 Å². The molecule has 1 aliphatic heterocycles. The van der Waals surface area contributed by atoms with E-state index in [1.807, 2.05) is 0 Å². The molecule has 1 N–H and O–H groups in total. The number of nitrogens with zero attached hydrogens (tertiary/aromatic N) is 2. The van der Waals surface area contributed by atoms with E-state index < -0.39 is 0 Å². The van der Waals surface area contributed by atoms with Crippen molar-refractivity contribution < 1.29 is 14.0 Å². The number of ketones is 1. The fraction of sp³-hybridized carbons (Fsp3) is 0.333. The van der Waals surface area contributed by atoms with Crippen LogP contribution in [-0.4, -0.2) is 54.3 Å². The Kier molecular flexibility index (Phi) is 7.01. The quantitative estimate of drug-likeness (QED) is 0.732. The third-order valence-electron chi connectivity index (χ3n) is 4.80. The van der Waals surface area contributed by atoms with Crippen molar-refractivity contribution in [2.75, 3.05) is 38.0 Å². The number of hydrogen-bond donors (Lipinski definition) is 1. The number of benzene rings is 2. The van der Waals surface area contributed by atoms with Crippen molar-refractivity contribution in [3.8, 4) is 0 Å². The van der Waals surface area contributed by atoms with E-state index in [9.17, 15) is 14.0 Å². The number of hydrogen-bond acceptors (Lipinski definition) is 3. The van der Waals surface area contributed by atoms with Gasteiger partial charge in [-0.25, -0.2) is 9.18 Å². The standard InChI is InChI=1S/C21H23ClFN3O2/c22-17-5-9-19(10-6-17)24-21(28)26-14-12-25(13-15-26)11-1-2-20(27)16-3-7-18(23)8-4-16/h3-10H,1-2,11-15H2,(H,24,28). The van der Waals surface area contributed by atoms with Gasteiger partial charge in [0.05, 0.1) is 0 Å². The molecule has 2 aromatic carbocycles. The van der Waals surface area contributed by atoms with Gasteiger partial charge in [0.15, 0.2) is 5.78 Å². The van der Waals surface area contributed by atoms with Crippen LogP contribution in [0.4, 0.5) is 14.9 Å². The summed E-state index contributed by atoms with van der Waals surface area (Å²) in [4.78, 5) is 28.5. The number of halogens is 2. The fourth-order valence-electron chi connectivity index (χ4n) is 3.15. The summed E-state index contributed by atoms with van der Waals surface area (Å²) in [6, 6.07) is 12.6. The van der Waals surface area contributed by atoms with Gasteiger partial charge in [0, 0.05) is 48.9 Å². The summed E-state index contributed by atoms with van der Waals surface area (Å²) in [6.07, 6.45) is 1.18. The summed E-state index contributed by atoms with van der Waals surface area (Å²) < 4.78 is 12.9. The summed E-state index contributed by atoms with van der Waals surface area (Å²) in [5.74, 6) is -0.310. The van der Waals surface area contributed by atoms with Gasteiger partial charge < -0.3 is 10.2 Å². The van der Waals surface area contributed by atoms with Gasteiger partial charge in [-0.05, 0) is 61.5 Å². The van der Waals surface area contributed by atoms with E-state index in [0.29, 0.717) is 30.1 Å². The minimum absolute atomic E-state index is 0.0287. The molecule has 28 heavy (non-hydrogen) atoms. The fourth-order valence-corrected chi connectivity index (χ4v) is 3.28. The topological polar surface area (TPSA) is 52.7 Å². The van der Waals surface area contributed by atoms with Crippen LogP contribution in [0.1, 0.15) is 23.2 Å². The van der Waals surface area contributed by atoms with Crippen LogP contribution in [0, 0.1) is 5.82 Å². The van der Waals surface area contributed by atoms with Crippen molar-refractivity contribution in [3.63, 3.8) is 0 Å². The number of carbonyl (C=O) groups is 2. The second-order valence-electron chi connectivity index (χ2n) is 6.80. The van der Waals surface area contributed by atoms with Crippen molar-refractivity contribution in [2.24, 2.45) is 0 Å². The van der Waals surface area contributed by atoms with E-state index in [1.165, 1.54) is 24.3 Å². The van der Waals surface area contributed by atoms with Gasteiger partial charge in [-0.15, -0.1) is 0 Å². The van der Waals surface area contributed by atoms with E-state index in [-0.39, 0.29) is 17.6 Å². The molecule has 0 aliphatic carbocycles. The largest absolute Gasteiger partial charge is 0.322 e. The number of nitrogens with one attached hydrogen (secondary N) is 1. The molecule has 0 atom stereocenters. The van der Waals surface area contributed by atoms with Gasteiger partial charge in [-0.3, -0.25) is 9.69 Å². The van der Waals surface area contributed by atoms with E-state index in [2.05, 4.69) is 10.2 Å². The van der Waals surface area contributed by atoms with Crippen LogP contribution in [-0.2, 0) is 0 Å². The van der Waals surface area contributed by atoms with Crippen molar-refractivity contribution in [1.82, 2.24) is 9.80 Å². The first-order valence-corrected chi connectivity index (χ1v) is 9.72. The Labute approximate surface area is 169 Å². The smallest absolute Gasteiger partial charge is 0.321 e. The van der Waals surface area contributed by atoms with Crippen LogP contribution in [0.2, 0.25) is 5.02 Å². The lowest BCUT2D eigenvalue weighted by Gasteiger charge is -2.34. The molecule has 1 saturated heterocycles. The second-order valence-corrected chi connectivity index (χ2v) is 7.24. The molecule has 1 aliphatic rings. The van der Waals surface area contributed by atoms with Gasteiger partial charge in [-0.1, -0.05) is 11.6 Å². The average molecular weight is 404 g/mol. The predicted molar refractivity (Wildman–Crippen MR) is 108 cm³/mol. The van der Waals surface area contributed by atoms with Crippen molar-refractivity contribution in [1.29, 1.82) is 0 Å². The Balaban J connectivity index is 1.36. The highest BCUT2D eigenvalue weighted by molar-refractivity contribution is 6.30. The molecule has 0 bridgehead atoms. The summed E-state index contributed by atoms with van der Waals surface area (Å²) in [7, 11) is 0. The molecule has 148 valence electrons. The van der Waals surface area contributed by atoms with Crippen LogP contribution in [0.25, 0.3) is 0 Å². The average Bonchev–Trinajstić information content (AvgIpc) is 2.70. The molecule has 0 spiro atoms. The number of piperazine rings is 1. The molecule has 1 heterocycles. The highest BCUT2D eigenvalue weighted by Crippen LogP contribution is 2.15. The van der Waals surface area contributed by atoms with Gasteiger partial charge in [0.2, 0.25) is 0 Å². The Morgan fingerprint density at radius 1 is 0.964 bits per heavy atom. The zero-order valence-corrected chi connectivity index (χ0v) is 16.3. The first-order valence-electron chi connectivity index (χ1n) is 9.34. The first-order chi connectivity index (χ1) is 13.5. The van der Waals surface area contributed by atoms with Gasteiger partial charge in [0.25, 0.3) is 0 Å². The monoisotopic (exact) mass is 403 g/mol. The zero-order valence-electron chi connectivity index (χ0n) is 15.5. The zero-order chi connectivity index (χ0) is 19.9. The maximum absolute atomic E-state index is 12.9. The minimum Gasteiger partial charge on any atom is -0.322 e. The van der Waals surface area contributed by atoms with E-state index in [1.54, 1.807) is 29.2 Å². The van der Waals surface area contributed by atoms with Crippen molar-refractivity contribution in [3.05, 3.63) is 64.9 Å².